The van der Waals surface area contributed by atoms with Crippen molar-refractivity contribution >= 4 is 19.8 Å². The van der Waals surface area contributed by atoms with Crippen molar-refractivity contribution < 1.29 is 50.7 Å². The number of hydrogen-bond acceptors (Lipinski definition) is 0. The van der Waals surface area contributed by atoms with Crippen LogP contribution >= 0.6 is 0 Å². The molecule has 20 heavy (non-hydrogen) atoms. The first-order valence-electron chi connectivity index (χ1n) is 21.8. The Bertz CT molecular complexity index is 1240. The van der Waals surface area contributed by atoms with E-state index < -0.39 is 127 Å². The van der Waals surface area contributed by atoms with Crippen molar-refractivity contribution in [1.29, 1.82) is 0 Å². The zero-order valence-electron chi connectivity index (χ0n) is 43.0. The van der Waals surface area contributed by atoms with Crippen LogP contribution in [-0.2, 0) is 0 Å². The first-order chi connectivity index (χ1) is 21.9. The Labute approximate surface area is 179 Å². The van der Waals surface area contributed by atoms with Gasteiger partial charge in [-0.1, -0.05) is 0 Å². The molecule has 0 spiro atoms. The predicted octanol–water partition coefficient (Wildman–Crippen LogP) is 5.66. The van der Waals surface area contributed by atoms with Crippen molar-refractivity contribution in [3.63, 3.8) is 0 Å². The van der Waals surface area contributed by atoms with Gasteiger partial charge in [0.2, 0.25) is 0 Å². The summed E-state index contributed by atoms with van der Waals surface area (Å²) in [7, 11) is 0. The van der Waals surface area contributed by atoms with Crippen LogP contribution in [0.1, 0.15) is 141 Å². The summed E-state index contributed by atoms with van der Waals surface area (Å²) < 4.78 is 268. The Kier molecular flexibility index (Phi) is 1.22. The van der Waals surface area contributed by atoms with Crippen LogP contribution in [-0.4, -0.2) is 25.2 Å². The second-order valence-corrected chi connectivity index (χ2v) is 9.80. The minimum atomic E-state index is -8.50. The van der Waals surface area contributed by atoms with E-state index in [0.29, 0.717) is 0 Å². The fourth-order valence-corrected chi connectivity index (χ4v) is 6.85. The van der Waals surface area contributed by atoms with Gasteiger partial charge in [0.1, 0.15) is 0 Å². The van der Waals surface area contributed by atoms with Gasteiger partial charge in [0, 0.05) is 0 Å². The van der Waals surface area contributed by atoms with E-state index in [0.717, 1.165) is 0 Å². The van der Waals surface area contributed by atoms with Gasteiger partial charge in [-0.25, -0.2) is 0 Å². The molecule has 0 aromatic carbocycles. The SMILES string of the molecule is O.[2H]C1([2H])C([2H])([2H])C([2H])([2H])[C]([2H])([Sn]([C]2([2H])C([2H])([2H])C([2H])([2H])C([2H])([2H])C([2H])([2H])C2([2H])[2H])[C]2([2H])C([2H])([2H])C([2H])([2H])C([2H])([2H])C([2H])([2H])C2([2H])[2H])C([2H])([2H])C1([2H])[2H]. The van der Waals surface area contributed by atoms with E-state index in [9.17, 15) is 4.11 Å². The van der Waals surface area contributed by atoms with Crippen LogP contribution in [0, 0.1) is 0 Å². The molecule has 0 aliphatic heterocycles. The van der Waals surface area contributed by atoms with E-state index in [2.05, 4.69) is 0 Å². The Morgan fingerprint density at radius 2 is 0.800 bits per heavy atom. The summed E-state index contributed by atoms with van der Waals surface area (Å²) in [5, 5.41) is 0. The Hall–Kier alpha value is 0.759. The normalized spacial score (nSPS) is 94.3. The van der Waals surface area contributed by atoms with Crippen molar-refractivity contribution in [3.8, 4) is 0 Å². The van der Waals surface area contributed by atoms with Crippen LogP contribution < -0.4 is 0 Å². The maximum atomic E-state index is 9.52. The molecular weight excluding hydrogens is 351 g/mol. The fraction of sp³-hybridized carbons (Fsp3) is 1.00. The van der Waals surface area contributed by atoms with Gasteiger partial charge in [-0.2, -0.15) is 0 Å². The molecule has 1 radical (unpaired) electrons. The summed E-state index contributed by atoms with van der Waals surface area (Å²) in [6.45, 7) is 0. The molecule has 3 rings (SSSR count). The maximum absolute atomic E-state index is 9.52. The van der Waals surface area contributed by atoms with Crippen molar-refractivity contribution in [2.24, 2.45) is 0 Å². The molecular formula is C18H35OSn. The molecule has 3 saturated carbocycles. The monoisotopic (exact) mass is 420 g/mol. The van der Waals surface area contributed by atoms with E-state index in [4.69, 9.17) is 41.1 Å². The molecule has 3 aliphatic rings. The average molecular weight is 419 g/mol. The molecule has 0 bridgehead atoms. The van der Waals surface area contributed by atoms with Crippen LogP contribution in [0.4, 0.5) is 0 Å². The first-order valence-corrected chi connectivity index (χ1v) is 9.53. The van der Waals surface area contributed by atoms with Gasteiger partial charge < -0.3 is 5.48 Å². The average Bonchev–Trinajstić information content (AvgIpc) is 2.93. The van der Waals surface area contributed by atoms with E-state index >= 15 is 0 Å². The number of hydrogen-bond donors (Lipinski definition) is 0. The van der Waals surface area contributed by atoms with Gasteiger partial charge in [0.15, 0.2) is 0 Å². The van der Waals surface area contributed by atoms with E-state index in [1.807, 2.05) is 0 Å². The summed E-state index contributed by atoms with van der Waals surface area (Å²) in [5.74, 6) is 0. The fourth-order valence-electron chi connectivity index (χ4n) is 1.50. The summed E-state index contributed by atoms with van der Waals surface area (Å²) in [5.41, 5.74) is 0. The van der Waals surface area contributed by atoms with Crippen LogP contribution in [0.25, 0.3) is 0 Å². The molecule has 0 amide bonds. The van der Waals surface area contributed by atoms with Gasteiger partial charge in [0.05, 0.1) is 0 Å². The third-order valence-electron chi connectivity index (χ3n) is 2.25. The van der Waals surface area contributed by atoms with Crippen molar-refractivity contribution in [2.75, 3.05) is 0 Å². The Morgan fingerprint density at radius 3 is 1.05 bits per heavy atom. The summed E-state index contributed by atoms with van der Waals surface area (Å²) >= 11 is -8.50. The van der Waals surface area contributed by atoms with Crippen molar-refractivity contribution in [2.45, 2.75) is 107 Å². The van der Waals surface area contributed by atoms with Crippen LogP contribution in [0.15, 0.2) is 0 Å². The van der Waals surface area contributed by atoms with Crippen LogP contribution in [0.3, 0.4) is 0 Å². The molecule has 3 aliphatic carbocycles. The second kappa shape index (κ2) is 9.02. The van der Waals surface area contributed by atoms with Gasteiger partial charge in [-0.05, 0) is 0 Å². The van der Waals surface area contributed by atoms with Crippen molar-refractivity contribution in [1.82, 2.24) is 0 Å². The predicted molar refractivity (Wildman–Crippen MR) is 89.9 cm³/mol. The molecule has 0 unspecified atom stereocenters. The number of rotatable bonds is 3. The minimum absolute atomic E-state index is 0. The molecule has 0 atom stereocenters. The molecule has 2 N–H and O–H groups in total. The van der Waals surface area contributed by atoms with Crippen molar-refractivity contribution in [3.05, 3.63) is 0 Å². The topological polar surface area (TPSA) is 31.5 Å². The van der Waals surface area contributed by atoms with Gasteiger partial charge in [-0.15, -0.1) is 0 Å². The van der Waals surface area contributed by atoms with Gasteiger partial charge in [0.25, 0.3) is 0 Å². The molecule has 2 heteroatoms. The third kappa shape index (κ3) is 4.38. The quantitative estimate of drug-likeness (QED) is 0.529. The third-order valence-corrected chi connectivity index (χ3v) is 8.67. The molecule has 0 aromatic heterocycles. The van der Waals surface area contributed by atoms with E-state index in [-0.39, 0.29) is 5.48 Å². The molecule has 3 fully saturated rings. The molecule has 0 heterocycles. The Balaban J connectivity index is 0.00000972. The molecule has 0 aromatic rings. The van der Waals surface area contributed by atoms with Crippen LogP contribution in [0.2, 0.25) is 11.7 Å². The molecule has 1 nitrogen and oxygen atoms in total. The van der Waals surface area contributed by atoms with Gasteiger partial charge >= 0.3 is 172 Å². The Morgan fingerprint density at radius 1 is 0.550 bits per heavy atom. The van der Waals surface area contributed by atoms with E-state index in [1.165, 1.54) is 0 Å². The first kappa shape index (κ1) is 2.70. The zero-order chi connectivity index (χ0) is 42.6. The molecule has 117 valence electrons. The van der Waals surface area contributed by atoms with E-state index in [1.54, 1.807) is 0 Å². The molecule has 0 saturated heterocycles. The zero-order valence-corrected chi connectivity index (χ0v) is 12.9. The summed E-state index contributed by atoms with van der Waals surface area (Å²) in [4.78, 5) is 0. The standard InChI is InChI=1S/3C6H11.H2O.Sn/c3*1-2-4-6-5-3-1;;/h3*1H,2-6H2;1H2;/i3*1D,2D2,3D2,4D2,5D2,6D2;;. The van der Waals surface area contributed by atoms with Gasteiger partial charge in [-0.3, -0.25) is 0 Å². The summed E-state index contributed by atoms with van der Waals surface area (Å²) in [6.07, 6.45) is -71.9. The summed E-state index contributed by atoms with van der Waals surface area (Å²) in [6, 6.07) is 0. The second-order valence-electron chi connectivity index (χ2n) is 3.38. The van der Waals surface area contributed by atoms with Crippen LogP contribution in [0.5, 0.6) is 0 Å².